The zero-order valence-electron chi connectivity index (χ0n) is 21.5. The molecule has 4 atom stereocenters. The van der Waals surface area contributed by atoms with E-state index in [-0.39, 0.29) is 17.7 Å². The van der Waals surface area contributed by atoms with Crippen molar-refractivity contribution >= 4 is 10.9 Å². The molecule has 2 heterocycles. The first-order valence-corrected chi connectivity index (χ1v) is 13.3. The van der Waals surface area contributed by atoms with Gasteiger partial charge in [-0.05, 0) is 55.4 Å². The van der Waals surface area contributed by atoms with Gasteiger partial charge in [0.15, 0.2) is 5.82 Å². The molecule has 1 N–H and O–H groups in total. The molecule has 0 aliphatic heterocycles. The predicted molar refractivity (Wildman–Crippen MR) is 145 cm³/mol. The van der Waals surface area contributed by atoms with Gasteiger partial charge >= 0.3 is 0 Å². The molecule has 1 unspecified atom stereocenters. The number of para-hydroxylation sites is 1. The lowest BCUT2D eigenvalue weighted by atomic mass is 9.56. The number of rotatable bonds is 4. The number of nitriles is 1. The fraction of sp³-hybridized carbons (Fsp3) is 0.312. The Morgan fingerprint density at radius 2 is 1.87 bits per heavy atom. The molecule has 2 aliphatic rings. The number of fused-ring (bicyclic) bond motifs is 4. The van der Waals surface area contributed by atoms with Gasteiger partial charge in [-0.15, -0.1) is 0 Å². The second kappa shape index (κ2) is 9.41. The van der Waals surface area contributed by atoms with Crippen LogP contribution in [-0.2, 0) is 11.8 Å². The first-order valence-electron chi connectivity index (χ1n) is 13.3. The van der Waals surface area contributed by atoms with E-state index in [2.05, 4.69) is 24.9 Å². The van der Waals surface area contributed by atoms with Crippen molar-refractivity contribution in [2.45, 2.75) is 51.0 Å². The van der Waals surface area contributed by atoms with Crippen molar-refractivity contribution in [3.8, 4) is 28.7 Å². The first kappa shape index (κ1) is 24.4. The summed E-state index contributed by atoms with van der Waals surface area (Å²) in [6.07, 6.45) is 6.11. The molecule has 190 valence electrons. The molecule has 0 fully saturated rings. The maximum absolute atomic E-state index is 15.2. The Kier molecular flexibility index (Phi) is 6.04. The summed E-state index contributed by atoms with van der Waals surface area (Å²) in [7, 11) is 0. The summed E-state index contributed by atoms with van der Waals surface area (Å²) in [6.45, 7) is 4.23. The molecule has 2 aromatic carbocycles. The SMILES string of the molecule is CCC[C@H]1C(O)C(C#N)=C[C@@]2(C)c3nc(-c4ccnc5ccccc45)nc(-c4ccccc4F)c3CC[C@H]12. The minimum absolute atomic E-state index is 0.0464. The highest BCUT2D eigenvalue weighted by Crippen LogP contribution is 2.53. The Hall–Kier alpha value is -3.95. The molecule has 0 radical (unpaired) electrons. The predicted octanol–water partition coefficient (Wildman–Crippen LogP) is 6.56. The first-order chi connectivity index (χ1) is 18.5. The molecule has 2 aromatic heterocycles. The second-order valence-electron chi connectivity index (χ2n) is 10.6. The summed E-state index contributed by atoms with van der Waals surface area (Å²) < 4.78 is 15.2. The zero-order chi connectivity index (χ0) is 26.4. The lowest BCUT2D eigenvalue weighted by Gasteiger charge is -2.49. The number of aliphatic hydroxyl groups excluding tert-OH is 1. The van der Waals surface area contributed by atoms with E-state index < -0.39 is 11.5 Å². The topological polar surface area (TPSA) is 82.7 Å². The van der Waals surface area contributed by atoms with Crippen LogP contribution in [0.3, 0.4) is 0 Å². The Bertz CT molecular complexity index is 1620. The number of benzene rings is 2. The lowest BCUT2D eigenvalue weighted by Crippen LogP contribution is -2.48. The van der Waals surface area contributed by atoms with Gasteiger partial charge in [0, 0.05) is 33.7 Å². The van der Waals surface area contributed by atoms with Crippen LogP contribution in [0.4, 0.5) is 4.39 Å². The number of nitrogens with zero attached hydrogens (tertiary/aromatic N) is 4. The van der Waals surface area contributed by atoms with Gasteiger partial charge in [-0.2, -0.15) is 5.26 Å². The van der Waals surface area contributed by atoms with Gasteiger partial charge in [0.1, 0.15) is 5.82 Å². The van der Waals surface area contributed by atoms with Crippen LogP contribution < -0.4 is 0 Å². The minimum atomic E-state index is -0.781. The van der Waals surface area contributed by atoms with E-state index in [0.717, 1.165) is 47.0 Å². The van der Waals surface area contributed by atoms with Gasteiger partial charge in [0.2, 0.25) is 0 Å². The Labute approximate surface area is 221 Å². The number of pyridine rings is 1. The third-order valence-electron chi connectivity index (χ3n) is 8.46. The van der Waals surface area contributed by atoms with Gasteiger partial charge < -0.3 is 5.11 Å². The van der Waals surface area contributed by atoms with E-state index in [1.54, 1.807) is 18.3 Å². The number of halogens is 1. The molecule has 0 spiro atoms. The smallest absolute Gasteiger partial charge is 0.160 e. The Morgan fingerprint density at radius 3 is 2.66 bits per heavy atom. The van der Waals surface area contributed by atoms with Gasteiger partial charge in [-0.3, -0.25) is 4.98 Å². The van der Waals surface area contributed by atoms with Crippen LogP contribution in [0.2, 0.25) is 0 Å². The fourth-order valence-electron chi connectivity index (χ4n) is 6.71. The summed E-state index contributed by atoms with van der Waals surface area (Å²) in [5.41, 5.74) is 4.21. The maximum Gasteiger partial charge on any atom is 0.160 e. The third-order valence-corrected chi connectivity index (χ3v) is 8.46. The average Bonchev–Trinajstić information content (AvgIpc) is 2.94. The van der Waals surface area contributed by atoms with Crippen molar-refractivity contribution in [2.75, 3.05) is 0 Å². The van der Waals surface area contributed by atoms with E-state index in [9.17, 15) is 10.4 Å². The molecule has 0 bridgehead atoms. The van der Waals surface area contributed by atoms with Crippen LogP contribution in [0, 0.1) is 29.0 Å². The van der Waals surface area contributed by atoms with Crippen LogP contribution >= 0.6 is 0 Å². The standard InChI is InChI=1S/C32H29FN4O/c1-3-8-22-25-14-13-24-28(23-10-4-6-11-26(23)33)36-31(21-15-16-35-27-12-7-5-9-20(21)27)37-30(24)32(25,2)17-19(18-34)29(22)38/h4-7,9-12,15-17,22,25,29,38H,3,8,13-14H2,1-2H3/t22-,25-,29?,32-/m1/s1. The van der Waals surface area contributed by atoms with Crippen molar-refractivity contribution in [1.82, 2.24) is 15.0 Å². The quantitative estimate of drug-likeness (QED) is 0.340. The van der Waals surface area contributed by atoms with Gasteiger partial charge in [0.05, 0.1) is 34.7 Å². The lowest BCUT2D eigenvalue weighted by molar-refractivity contribution is 0.0498. The van der Waals surface area contributed by atoms with Gasteiger partial charge in [-0.25, -0.2) is 14.4 Å². The molecule has 0 saturated heterocycles. The molecule has 6 rings (SSSR count). The summed E-state index contributed by atoms with van der Waals surface area (Å²) >= 11 is 0. The number of hydrogen-bond donors (Lipinski definition) is 1. The minimum Gasteiger partial charge on any atom is -0.387 e. The van der Waals surface area contributed by atoms with E-state index in [1.165, 1.54) is 6.07 Å². The number of allylic oxidation sites excluding steroid dienone is 1. The number of aromatic nitrogens is 3. The van der Waals surface area contributed by atoms with Crippen molar-refractivity contribution in [3.63, 3.8) is 0 Å². The van der Waals surface area contributed by atoms with Crippen molar-refractivity contribution < 1.29 is 9.50 Å². The van der Waals surface area contributed by atoms with E-state index in [4.69, 9.17) is 9.97 Å². The molecule has 6 heteroatoms. The highest BCUT2D eigenvalue weighted by molar-refractivity contribution is 5.92. The van der Waals surface area contributed by atoms with Crippen LogP contribution in [0.1, 0.15) is 44.4 Å². The normalized spacial score (nSPS) is 24.3. The zero-order valence-corrected chi connectivity index (χ0v) is 21.5. The Morgan fingerprint density at radius 1 is 1.08 bits per heavy atom. The average molecular weight is 505 g/mol. The number of aliphatic hydroxyl groups is 1. The molecular formula is C32H29FN4O. The summed E-state index contributed by atoms with van der Waals surface area (Å²) in [4.78, 5) is 14.7. The molecule has 0 saturated carbocycles. The molecule has 0 amide bonds. The van der Waals surface area contributed by atoms with Crippen molar-refractivity contribution in [1.29, 1.82) is 5.26 Å². The molecule has 38 heavy (non-hydrogen) atoms. The molecule has 2 aliphatic carbocycles. The van der Waals surface area contributed by atoms with Crippen LogP contribution in [0.15, 0.2) is 72.4 Å². The van der Waals surface area contributed by atoms with E-state index in [0.29, 0.717) is 29.1 Å². The molecule has 5 nitrogen and oxygen atoms in total. The van der Waals surface area contributed by atoms with Crippen LogP contribution in [-0.4, -0.2) is 26.2 Å². The maximum atomic E-state index is 15.2. The monoisotopic (exact) mass is 504 g/mol. The molecular weight excluding hydrogens is 475 g/mol. The van der Waals surface area contributed by atoms with Gasteiger partial charge in [-0.1, -0.05) is 56.7 Å². The largest absolute Gasteiger partial charge is 0.387 e. The fourth-order valence-corrected chi connectivity index (χ4v) is 6.71. The van der Waals surface area contributed by atoms with Crippen molar-refractivity contribution in [2.24, 2.45) is 11.8 Å². The number of hydrogen-bond acceptors (Lipinski definition) is 5. The highest BCUT2D eigenvalue weighted by Gasteiger charge is 2.50. The van der Waals surface area contributed by atoms with Crippen LogP contribution in [0.25, 0.3) is 33.5 Å². The van der Waals surface area contributed by atoms with Crippen LogP contribution in [0.5, 0.6) is 0 Å². The van der Waals surface area contributed by atoms with Gasteiger partial charge in [0.25, 0.3) is 0 Å². The summed E-state index contributed by atoms with van der Waals surface area (Å²) in [5, 5.41) is 22.0. The van der Waals surface area contributed by atoms with Crippen molar-refractivity contribution in [3.05, 3.63) is 89.5 Å². The van der Waals surface area contributed by atoms with E-state index >= 15 is 4.39 Å². The Balaban J connectivity index is 1.67. The third kappa shape index (κ3) is 3.73. The molecule has 4 aromatic rings. The van der Waals surface area contributed by atoms with E-state index in [1.807, 2.05) is 42.5 Å². The summed E-state index contributed by atoms with van der Waals surface area (Å²) in [5.74, 6) is 0.234. The second-order valence-corrected chi connectivity index (χ2v) is 10.6. The highest BCUT2D eigenvalue weighted by atomic mass is 19.1. The summed E-state index contributed by atoms with van der Waals surface area (Å²) in [6, 6.07) is 18.7.